The number of aromatic amines is 1. The summed E-state index contributed by atoms with van der Waals surface area (Å²) in [6.07, 6.45) is 0.892. The van der Waals surface area contributed by atoms with E-state index in [-0.39, 0.29) is 57.4 Å². The first-order valence-corrected chi connectivity index (χ1v) is 13.6. The summed E-state index contributed by atoms with van der Waals surface area (Å²) in [4.78, 5) is 45.3. The number of aryl methyl sites for hydroxylation is 1. The van der Waals surface area contributed by atoms with Crippen molar-refractivity contribution >= 4 is 40.6 Å². The summed E-state index contributed by atoms with van der Waals surface area (Å²) in [6.45, 7) is 2.00. The molecule has 8 heteroatoms. The molecular weight excluding hydrogens is 480 g/mol. The van der Waals surface area contributed by atoms with Gasteiger partial charge in [-0.05, 0) is 60.9 Å². The number of thiazole rings is 1. The zero-order valence-corrected chi connectivity index (χ0v) is 20.9. The Hall–Kier alpha value is -2.84. The molecule has 2 amide bonds. The van der Waals surface area contributed by atoms with Gasteiger partial charge in [-0.1, -0.05) is 41.2 Å². The Morgan fingerprint density at radius 2 is 1.63 bits per heavy atom. The molecule has 1 N–H and O–H groups in total. The number of thioether (sulfide) groups is 1. The van der Waals surface area contributed by atoms with E-state index in [1.54, 1.807) is 18.9 Å². The van der Waals surface area contributed by atoms with Crippen LogP contribution in [0.4, 0.5) is 5.69 Å². The predicted octanol–water partition coefficient (Wildman–Crippen LogP) is 4.43. The molecule has 3 aromatic rings. The first-order valence-electron chi connectivity index (χ1n) is 11.9. The fourth-order valence-corrected chi connectivity index (χ4v) is 10.0. The quantitative estimate of drug-likeness (QED) is 0.534. The summed E-state index contributed by atoms with van der Waals surface area (Å²) in [5.74, 6) is 0.598. The van der Waals surface area contributed by atoms with E-state index in [2.05, 4.69) is 17.1 Å². The topological polar surface area (TPSA) is 79.5 Å². The largest absolute Gasteiger partial charge is 0.497 e. The molecule has 2 aliphatic heterocycles. The van der Waals surface area contributed by atoms with E-state index in [1.165, 1.54) is 16.2 Å². The van der Waals surface area contributed by atoms with Gasteiger partial charge in [0.25, 0.3) is 0 Å². The number of H-pyrrole nitrogens is 1. The predicted molar refractivity (Wildman–Crippen MR) is 135 cm³/mol. The van der Waals surface area contributed by atoms with Gasteiger partial charge in [0.15, 0.2) is 0 Å². The molecule has 2 saturated carbocycles. The lowest BCUT2D eigenvalue weighted by atomic mass is 9.68. The number of nitrogens with one attached hydrogen (secondary N) is 1. The number of hydrogen-bond donors (Lipinski definition) is 1. The van der Waals surface area contributed by atoms with Gasteiger partial charge in [-0.3, -0.25) is 19.3 Å². The number of benzene rings is 2. The van der Waals surface area contributed by atoms with Crippen molar-refractivity contribution in [3.63, 3.8) is 0 Å². The summed E-state index contributed by atoms with van der Waals surface area (Å²) >= 11 is 3.00. The lowest BCUT2D eigenvalue weighted by Crippen LogP contribution is -2.42. The number of methoxy groups -OCH3 is 1. The summed E-state index contributed by atoms with van der Waals surface area (Å²) < 4.78 is 5.36. The number of hydrogen-bond acceptors (Lipinski definition) is 6. The van der Waals surface area contributed by atoms with Crippen molar-refractivity contribution in [1.29, 1.82) is 0 Å². The second-order valence-electron chi connectivity index (χ2n) is 10.1. The van der Waals surface area contributed by atoms with Gasteiger partial charge in [-0.25, -0.2) is 0 Å². The van der Waals surface area contributed by atoms with Crippen molar-refractivity contribution in [2.24, 2.45) is 29.6 Å². The van der Waals surface area contributed by atoms with Gasteiger partial charge < -0.3 is 9.72 Å². The lowest BCUT2D eigenvalue weighted by Gasteiger charge is -2.43. The monoisotopic (exact) mass is 504 g/mol. The Balaban J connectivity index is 1.31. The van der Waals surface area contributed by atoms with Crippen LogP contribution in [0.5, 0.6) is 5.75 Å². The first kappa shape index (κ1) is 21.4. The number of imide groups is 1. The highest BCUT2D eigenvalue weighted by atomic mass is 32.2. The molecule has 1 saturated heterocycles. The number of carbonyl (C=O) groups is 2. The van der Waals surface area contributed by atoms with Crippen LogP contribution in [0.3, 0.4) is 0 Å². The highest BCUT2D eigenvalue weighted by Gasteiger charge is 2.69. The van der Waals surface area contributed by atoms with Crippen LogP contribution in [0.25, 0.3) is 0 Å². The summed E-state index contributed by atoms with van der Waals surface area (Å²) in [7, 11) is 1.65. The Labute approximate surface area is 210 Å². The van der Waals surface area contributed by atoms with E-state index in [4.69, 9.17) is 4.74 Å². The maximum atomic E-state index is 13.8. The lowest BCUT2D eigenvalue weighted by molar-refractivity contribution is -0.123. The van der Waals surface area contributed by atoms with Crippen molar-refractivity contribution < 1.29 is 14.3 Å². The normalized spacial score (nSPS) is 32.5. The van der Waals surface area contributed by atoms with Crippen molar-refractivity contribution in [2.45, 2.75) is 29.5 Å². The van der Waals surface area contributed by atoms with E-state index in [1.807, 2.05) is 43.3 Å². The zero-order valence-electron chi connectivity index (χ0n) is 19.3. The third-order valence-electron chi connectivity index (χ3n) is 8.49. The third-order valence-corrected chi connectivity index (χ3v) is 11.1. The average Bonchev–Trinajstić information content (AvgIpc) is 3.59. The van der Waals surface area contributed by atoms with Gasteiger partial charge in [0.1, 0.15) is 5.75 Å². The van der Waals surface area contributed by atoms with Crippen LogP contribution >= 0.6 is 23.1 Å². The van der Waals surface area contributed by atoms with E-state index in [0.717, 1.165) is 33.2 Å². The molecule has 4 aliphatic rings. The minimum Gasteiger partial charge on any atom is -0.497 e. The second kappa shape index (κ2) is 7.58. The Morgan fingerprint density at radius 3 is 2.31 bits per heavy atom. The molecule has 7 atom stereocenters. The Bertz CT molecular complexity index is 1410. The first-order chi connectivity index (χ1) is 17.0. The standard InChI is InChI=1S/C27H24N2O4S2/c1-12-3-7-14(8-4-12)29-25(30)20-16-11-17(21(20)26(29)31)22-19(16)18(13-5-9-15(33-2)10-6-13)23-24(34-22)28-27(32)35-23/h3-10,16-22H,11H2,1-2H3,(H,28,32). The molecule has 35 heavy (non-hydrogen) atoms. The molecule has 3 heterocycles. The summed E-state index contributed by atoms with van der Waals surface area (Å²) in [6, 6.07) is 15.7. The summed E-state index contributed by atoms with van der Waals surface area (Å²) in [5, 5.41) is 1.12. The van der Waals surface area contributed by atoms with E-state index < -0.39 is 0 Å². The van der Waals surface area contributed by atoms with Crippen molar-refractivity contribution in [1.82, 2.24) is 4.98 Å². The Kier molecular flexibility index (Phi) is 4.64. The molecule has 0 spiro atoms. The van der Waals surface area contributed by atoms with Gasteiger partial charge in [0.2, 0.25) is 11.8 Å². The van der Waals surface area contributed by atoms with Gasteiger partial charge in [0, 0.05) is 16.0 Å². The highest BCUT2D eigenvalue weighted by molar-refractivity contribution is 8.00. The van der Waals surface area contributed by atoms with Crippen LogP contribution in [0.15, 0.2) is 58.4 Å². The highest BCUT2D eigenvalue weighted by Crippen LogP contribution is 2.68. The number of aromatic nitrogens is 1. The molecule has 7 rings (SSSR count). The second-order valence-corrected chi connectivity index (χ2v) is 12.3. The number of ether oxygens (including phenoxy) is 1. The average molecular weight is 505 g/mol. The molecule has 2 bridgehead atoms. The van der Waals surface area contributed by atoms with E-state index >= 15 is 0 Å². The van der Waals surface area contributed by atoms with Crippen molar-refractivity contribution in [3.05, 3.63) is 74.2 Å². The number of amides is 2. The van der Waals surface area contributed by atoms with Gasteiger partial charge in [-0.2, -0.15) is 0 Å². The molecular formula is C27H24N2O4S2. The van der Waals surface area contributed by atoms with Crippen LogP contribution in [0, 0.1) is 36.5 Å². The molecule has 1 aromatic heterocycles. The SMILES string of the molecule is COc1ccc(C2c3sc(=O)[nH]c3SC3C4CC(C5C(=O)N(c6ccc(C)cc6)C(=O)C45)C23)cc1. The molecule has 178 valence electrons. The van der Waals surface area contributed by atoms with Gasteiger partial charge in [-0.15, -0.1) is 11.8 Å². The van der Waals surface area contributed by atoms with Crippen LogP contribution in [0.2, 0.25) is 0 Å². The number of rotatable bonds is 3. The number of carbonyl (C=O) groups excluding carboxylic acids is 2. The minimum absolute atomic E-state index is 0.0263. The fraction of sp³-hybridized carbons (Fsp3) is 0.370. The zero-order chi connectivity index (χ0) is 24.0. The maximum Gasteiger partial charge on any atom is 0.305 e. The fourth-order valence-electron chi connectivity index (χ4n) is 7.15. The van der Waals surface area contributed by atoms with Crippen molar-refractivity contribution in [3.8, 4) is 5.75 Å². The van der Waals surface area contributed by atoms with Gasteiger partial charge in [0.05, 0.1) is 29.7 Å². The summed E-state index contributed by atoms with van der Waals surface area (Å²) in [5.41, 5.74) is 2.90. The van der Waals surface area contributed by atoms with Crippen LogP contribution in [-0.2, 0) is 9.59 Å². The number of fused-ring (bicyclic) bond motifs is 9. The number of nitrogens with zero attached hydrogens (tertiary/aromatic N) is 1. The number of anilines is 1. The van der Waals surface area contributed by atoms with E-state index in [9.17, 15) is 14.4 Å². The molecule has 7 unspecified atom stereocenters. The van der Waals surface area contributed by atoms with Crippen LogP contribution in [-0.4, -0.2) is 29.2 Å². The van der Waals surface area contributed by atoms with Crippen molar-refractivity contribution in [2.75, 3.05) is 12.0 Å². The Morgan fingerprint density at radius 1 is 0.943 bits per heavy atom. The van der Waals surface area contributed by atoms with E-state index in [0.29, 0.717) is 5.69 Å². The van der Waals surface area contributed by atoms with Gasteiger partial charge >= 0.3 is 4.87 Å². The van der Waals surface area contributed by atoms with Crippen LogP contribution < -0.4 is 14.5 Å². The van der Waals surface area contributed by atoms with Crippen LogP contribution in [0.1, 0.15) is 28.3 Å². The third kappa shape index (κ3) is 2.93. The molecule has 0 radical (unpaired) electrons. The molecule has 2 aliphatic carbocycles. The molecule has 2 aromatic carbocycles. The maximum absolute atomic E-state index is 13.8. The molecule has 3 fully saturated rings. The molecule has 6 nitrogen and oxygen atoms in total. The minimum atomic E-state index is -0.284. The smallest absolute Gasteiger partial charge is 0.305 e.